The highest BCUT2D eigenvalue weighted by atomic mass is 35.5. The summed E-state index contributed by atoms with van der Waals surface area (Å²) in [5, 5.41) is 3.97. The van der Waals surface area contributed by atoms with Crippen LogP contribution in [-0.2, 0) is 0 Å². The maximum absolute atomic E-state index is 12.6. The van der Waals surface area contributed by atoms with Crippen LogP contribution in [0, 0.1) is 0 Å². The first-order chi connectivity index (χ1) is 9.49. The van der Waals surface area contributed by atoms with Crippen molar-refractivity contribution in [3.63, 3.8) is 0 Å². The van der Waals surface area contributed by atoms with E-state index in [4.69, 9.17) is 27.9 Å². The third-order valence-corrected chi connectivity index (χ3v) is 3.74. The van der Waals surface area contributed by atoms with E-state index < -0.39 is 0 Å². The number of carbonyl (C=O) groups excluding carboxylic acids is 1. The van der Waals surface area contributed by atoms with E-state index in [-0.39, 0.29) is 12.0 Å². The molecular weight excluding hydrogens is 299 g/mol. The Hall–Kier alpha value is -0.970. The van der Waals surface area contributed by atoms with Crippen molar-refractivity contribution in [2.24, 2.45) is 0 Å². The summed E-state index contributed by atoms with van der Waals surface area (Å²) in [5.41, 5.74) is 0.468. The van der Waals surface area contributed by atoms with Gasteiger partial charge in [0.25, 0.3) is 5.91 Å². The van der Waals surface area contributed by atoms with Crippen LogP contribution in [0.5, 0.6) is 5.75 Å². The van der Waals surface area contributed by atoms with Gasteiger partial charge in [-0.15, -0.1) is 0 Å². The van der Waals surface area contributed by atoms with Crippen LogP contribution in [-0.4, -0.2) is 43.1 Å². The Labute approximate surface area is 129 Å². The molecule has 1 heterocycles. The number of ether oxygens (including phenoxy) is 1. The van der Waals surface area contributed by atoms with Crippen LogP contribution in [0.2, 0.25) is 10.0 Å². The van der Waals surface area contributed by atoms with Crippen LogP contribution in [0.25, 0.3) is 0 Å². The van der Waals surface area contributed by atoms with Gasteiger partial charge in [0.15, 0.2) is 0 Å². The predicted molar refractivity (Wildman–Crippen MR) is 81.0 cm³/mol. The number of nitrogens with one attached hydrogen (secondary N) is 1. The molecule has 4 nitrogen and oxygen atoms in total. The van der Waals surface area contributed by atoms with Crippen LogP contribution < -0.4 is 10.1 Å². The zero-order valence-corrected chi connectivity index (χ0v) is 13.1. The van der Waals surface area contributed by atoms with Crippen molar-refractivity contribution in [2.45, 2.75) is 20.0 Å². The van der Waals surface area contributed by atoms with E-state index in [2.05, 4.69) is 5.32 Å². The molecule has 1 N–H and O–H groups in total. The third-order valence-electron chi connectivity index (χ3n) is 3.02. The summed E-state index contributed by atoms with van der Waals surface area (Å²) in [7, 11) is 0. The average molecular weight is 317 g/mol. The average Bonchev–Trinajstić information content (AvgIpc) is 2.42. The van der Waals surface area contributed by atoms with Crippen molar-refractivity contribution in [3.8, 4) is 5.75 Å². The van der Waals surface area contributed by atoms with Crippen LogP contribution in [0.1, 0.15) is 24.2 Å². The van der Waals surface area contributed by atoms with Gasteiger partial charge in [-0.3, -0.25) is 4.79 Å². The fraction of sp³-hybridized carbons (Fsp3) is 0.500. The number of amides is 1. The molecule has 1 aliphatic heterocycles. The van der Waals surface area contributed by atoms with Gasteiger partial charge in [-0.05, 0) is 19.9 Å². The highest BCUT2D eigenvalue weighted by Crippen LogP contribution is 2.32. The Morgan fingerprint density at radius 2 is 1.85 bits per heavy atom. The molecule has 0 atom stereocenters. The number of piperazine rings is 1. The topological polar surface area (TPSA) is 41.6 Å². The smallest absolute Gasteiger partial charge is 0.257 e. The van der Waals surface area contributed by atoms with Gasteiger partial charge in [0, 0.05) is 32.2 Å². The highest BCUT2D eigenvalue weighted by molar-refractivity contribution is 6.42. The minimum Gasteiger partial charge on any atom is -0.490 e. The van der Waals surface area contributed by atoms with Crippen LogP contribution in [0.15, 0.2) is 12.1 Å². The first kappa shape index (κ1) is 15.4. The van der Waals surface area contributed by atoms with E-state index in [1.54, 1.807) is 17.0 Å². The van der Waals surface area contributed by atoms with Gasteiger partial charge >= 0.3 is 0 Å². The second-order valence-electron chi connectivity index (χ2n) is 4.97. The zero-order chi connectivity index (χ0) is 14.7. The predicted octanol–water partition coefficient (Wildman–Crippen LogP) is 2.83. The quantitative estimate of drug-likeness (QED) is 0.932. The summed E-state index contributed by atoms with van der Waals surface area (Å²) in [6, 6.07) is 3.20. The van der Waals surface area contributed by atoms with E-state index in [1.165, 1.54) is 0 Å². The SMILES string of the molecule is CC(C)Oc1cc(Cl)c(Cl)cc1C(=O)N1CCNCC1. The van der Waals surface area contributed by atoms with Crippen molar-refractivity contribution >= 4 is 29.1 Å². The molecule has 0 unspecified atom stereocenters. The summed E-state index contributed by atoms with van der Waals surface area (Å²) < 4.78 is 5.69. The van der Waals surface area contributed by atoms with Gasteiger partial charge in [-0.2, -0.15) is 0 Å². The van der Waals surface area contributed by atoms with Crippen molar-refractivity contribution in [3.05, 3.63) is 27.7 Å². The molecule has 0 saturated carbocycles. The molecule has 1 aliphatic rings. The lowest BCUT2D eigenvalue weighted by atomic mass is 10.1. The van der Waals surface area contributed by atoms with Gasteiger partial charge in [0.1, 0.15) is 5.75 Å². The number of rotatable bonds is 3. The van der Waals surface area contributed by atoms with Gasteiger partial charge < -0.3 is 15.0 Å². The van der Waals surface area contributed by atoms with Gasteiger partial charge in [-0.1, -0.05) is 23.2 Å². The number of halogens is 2. The van der Waals surface area contributed by atoms with Gasteiger partial charge in [0.05, 0.1) is 21.7 Å². The highest BCUT2D eigenvalue weighted by Gasteiger charge is 2.23. The minimum absolute atomic E-state index is 0.0400. The second-order valence-corrected chi connectivity index (χ2v) is 5.79. The van der Waals surface area contributed by atoms with E-state index >= 15 is 0 Å². The zero-order valence-electron chi connectivity index (χ0n) is 11.6. The Kier molecular flexibility index (Phi) is 5.13. The monoisotopic (exact) mass is 316 g/mol. The summed E-state index contributed by atoms with van der Waals surface area (Å²) in [6.07, 6.45) is -0.0400. The summed E-state index contributed by atoms with van der Waals surface area (Å²) >= 11 is 12.0. The maximum atomic E-state index is 12.6. The van der Waals surface area contributed by atoms with Crippen molar-refractivity contribution in [2.75, 3.05) is 26.2 Å². The van der Waals surface area contributed by atoms with Crippen molar-refractivity contribution < 1.29 is 9.53 Å². The molecule has 2 rings (SSSR count). The molecule has 0 aromatic heterocycles. The molecule has 1 aromatic carbocycles. The van der Waals surface area contributed by atoms with Crippen LogP contribution in [0.3, 0.4) is 0 Å². The van der Waals surface area contributed by atoms with E-state index in [9.17, 15) is 4.79 Å². The normalized spacial score (nSPS) is 15.6. The molecule has 1 amide bonds. The molecule has 1 saturated heterocycles. The number of nitrogens with zero attached hydrogens (tertiary/aromatic N) is 1. The van der Waals surface area contributed by atoms with E-state index in [0.717, 1.165) is 13.1 Å². The second kappa shape index (κ2) is 6.66. The molecule has 0 aliphatic carbocycles. The molecule has 0 spiro atoms. The van der Waals surface area contributed by atoms with Crippen LogP contribution in [0.4, 0.5) is 0 Å². The first-order valence-corrected chi connectivity index (χ1v) is 7.40. The minimum atomic E-state index is -0.0688. The number of carbonyl (C=O) groups is 1. The number of hydrogen-bond donors (Lipinski definition) is 1. The first-order valence-electron chi connectivity index (χ1n) is 6.64. The Morgan fingerprint density at radius 1 is 1.25 bits per heavy atom. The molecule has 0 radical (unpaired) electrons. The third kappa shape index (κ3) is 3.57. The molecule has 1 fully saturated rings. The van der Waals surface area contributed by atoms with Gasteiger partial charge in [-0.25, -0.2) is 0 Å². The molecule has 0 bridgehead atoms. The van der Waals surface area contributed by atoms with E-state index in [0.29, 0.717) is 34.4 Å². The summed E-state index contributed by atoms with van der Waals surface area (Å²) in [5.74, 6) is 0.415. The fourth-order valence-electron chi connectivity index (χ4n) is 2.09. The molecule has 1 aromatic rings. The van der Waals surface area contributed by atoms with E-state index in [1.807, 2.05) is 13.8 Å². The number of hydrogen-bond acceptors (Lipinski definition) is 3. The Morgan fingerprint density at radius 3 is 2.45 bits per heavy atom. The molecule has 6 heteroatoms. The lowest BCUT2D eigenvalue weighted by molar-refractivity contribution is 0.0729. The van der Waals surface area contributed by atoms with Crippen molar-refractivity contribution in [1.29, 1.82) is 0 Å². The maximum Gasteiger partial charge on any atom is 0.257 e. The Balaban J connectivity index is 2.32. The Bertz CT molecular complexity index is 500. The summed E-state index contributed by atoms with van der Waals surface area (Å²) in [6.45, 7) is 6.77. The molecule has 110 valence electrons. The fourth-order valence-corrected chi connectivity index (χ4v) is 2.40. The molecule has 20 heavy (non-hydrogen) atoms. The molecular formula is C14H18Cl2N2O2. The van der Waals surface area contributed by atoms with Crippen LogP contribution >= 0.6 is 23.2 Å². The number of benzene rings is 1. The lowest BCUT2D eigenvalue weighted by Gasteiger charge is -2.28. The van der Waals surface area contributed by atoms with Crippen molar-refractivity contribution in [1.82, 2.24) is 10.2 Å². The van der Waals surface area contributed by atoms with Gasteiger partial charge in [0.2, 0.25) is 0 Å². The standard InChI is InChI=1S/C14H18Cl2N2O2/c1-9(2)20-13-8-12(16)11(15)7-10(13)14(19)18-5-3-17-4-6-18/h7-9,17H,3-6H2,1-2H3. The largest absolute Gasteiger partial charge is 0.490 e. The lowest BCUT2D eigenvalue weighted by Crippen LogP contribution is -2.46. The summed E-state index contributed by atoms with van der Waals surface area (Å²) in [4.78, 5) is 14.4.